The molecule has 0 saturated carbocycles. The van der Waals surface area contributed by atoms with Gasteiger partial charge in [0.15, 0.2) is 5.69 Å². The molecule has 1 aromatic heterocycles. The second-order valence-corrected chi connectivity index (χ2v) is 5.87. The van der Waals surface area contributed by atoms with Gasteiger partial charge in [0, 0.05) is 29.5 Å². The van der Waals surface area contributed by atoms with Crippen molar-refractivity contribution < 1.29 is 9.90 Å². The van der Waals surface area contributed by atoms with Crippen LogP contribution in [0.2, 0.25) is 0 Å². The summed E-state index contributed by atoms with van der Waals surface area (Å²) in [6.45, 7) is 1.54. The Hall–Kier alpha value is -1.66. The van der Waals surface area contributed by atoms with Crippen molar-refractivity contribution in [3.63, 3.8) is 0 Å². The highest BCUT2D eigenvalue weighted by molar-refractivity contribution is 9.10. The Kier molecular flexibility index (Phi) is 3.35. The lowest BCUT2D eigenvalue weighted by molar-refractivity contribution is 0.0687. The standard InChI is InChI=1S/C14H14BrN3O2/c1-17-6-5-12-11(8-17)13(14(19)20)16-18(12)10-4-2-3-9(15)7-10/h2-4,7H,5-6,8H2,1H3,(H,19,20). The Labute approximate surface area is 124 Å². The summed E-state index contributed by atoms with van der Waals surface area (Å²) >= 11 is 3.44. The minimum absolute atomic E-state index is 0.159. The number of hydrogen-bond donors (Lipinski definition) is 1. The minimum atomic E-state index is -0.967. The summed E-state index contributed by atoms with van der Waals surface area (Å²) in [5.41, 5.74) is 2.86. The molecule has 0 amide bonds. The molecule has 0 radical (unpaired) electrons. The normalized spacial score (nSPS) is 15.1. The van der Waals surface area contributed by atoms with Crippen LogP contribution in [0, 0.1) is 0 Å². The first-order valence-electron chi connectivity index (χ1n) is 6.35. The number of carbonyl (C=O) groups is 1. The number of halogens is 1. The van der Waals surface area contributed by atoms with Crippen LogP contribution in [0.1, 0.15) is 21.7 Å². The lowest BCUT2D eigenvalue weighted by atomic mass is 10.1. The maximum Gasteiger partial charge on any atom is 0.356 e. The number of carboxylic acid groups (broad SMARTS) is 1. The van der Waals surface area contributed by atoms with Crippen LogP contribution in [0.5, 0.6) is 0 Å². The largest absolute Gasteiger partial charge is 0.476 e. The molecule has 0 saturated heterocycles. The molecule has 20 heavy (non-hydrogen) atoms. The van der Waals surface area contributed by atoms with Gasteiger partial charge in [-0.1, -0.05) is 22.0 Å². The minimum Gasteiger partial charge on any atom is -0.476 e. The first-order chi connectivity index (χ1) is 9.56. The molecule has 1 aliphatic rings. The zero-order chi connectivity index (χ0) is 14.3. The first-order valence-corrected chi connectivity index (χ1v) is 7.14. The van der Waals surface area contributed by atoms with Crippen molar-refractivity contribution in [3.8, 4) is 5.69 Å². The number of benzene rings is 1. The third-order valence-electron chi connectivity index (χ3n) is 3.50. The predicted octanol–water partition coefficient (Wildman–Crippen LogP) is 2.32. The molecule has 0 bridgehead atoms. The monoisotopic (exact) mass is 335 g/mol. The second-order valence-electron chi connectivity index (χ2n) is 4.96. The fourth-order valence-electron chi connectivity index (χ4n) is 2.55. The van der Waals surface area contributed by atoms with E-state index < -0.39 is 5.97 Å². The van der Waals surface area contributed by atoms with Gasteiger partial charge in [-0.05, 0) is 25.2 Å². The summed E-state index contributed by atoms with van der Waals surface area (Å²) < 4.78 is 2.71. The highest BCUT2D eigenvalue weighted by atomic mass is 79.9. The van der Waals surface area contributed by atoms with E-state index in [4.69, 9.17) is 0 Å². The third kappa shape index (κ3) is 2.25. The highest BCUT2D eigenvalue weighted by Gasteiger charge is 2.27. The molecule has 0 unspecified atom stereocenters. The van der Waals surface area contributed by atoms with Crippen LogP contribution in [-0.4, -0.2) is 39.3 Å². The Morgan fingerprint density at radius 3 is 2.95 bits per heavy atom. The number of fused-ring (bicyclic) bond motifs is 1. The number of aromatic carboxylic acids is 1. The van der Waals surface area contributed by atoms with Crippen LogP contribution < -0.4 is 0 Å². The van der Waals surface area contributed by atoms with E-state index in [1.165, 1.54) is 0 Å². The Balaban J connectivity index is 2.17. The molecule has 1 N–H and O–H groups in total. The number of hydrogen-bond acceptors (Lipinski definition) is 3. The molecular weight excluding hydrogens is 322 g/mol. The molecule has 1 aromatic carbocycles. The van der Waals surface area contributed by atoms with Gasteiger partial charge in [-0.15, -0.1) is 0 Å². The fourth-order valence-corrected chi connectivity index (χ4v) is 2.93. The Morgan fingerprint density at radius 2 is 2.25 bits per heavy atom. The van der Waals surface area contributed by atoms with Crippen molar-refractivity contribution in [2.24, 2.45) is 0 Å². The average molecular weight is 336 g/mol. The summed E-state index contributed by atoms with van der Waals surface area (Å²) in [5.74, 6) is -0.967. The molecule has 0 aliphatic carbocycles. The average Bonchev–Trinajstić information content (AvgIpc) is 2.77. The van der Waals surface area contributed by atoms with Crippen LogP contribution in [-0.2, 0) is 13.0 Å². The van der Waals surface area contributed by atoms with Crippen molar-refractivity contribution in [2.75, 3.05) is 13.6 Å². The zero-order valence-electron chi connectivity index (χ0n) is 11.0. The van der Waals surface area contributed by atoms with Gasteiger partial charge < -0.3 is 10.0 Å². The van der Waals surface area contributed by atoms with Crippen LogP contribution >= 0.6 is 15.9 Å². The zero-order valence-corrected chi connectivity index (χ0v) is 12.6. The van der Waals surface area contributed by atoms with Gasteiger partial charge in [0.2, 0.25) is 0 Å². The summed E-state index contributed by atoms with van der Waals surface area (Å²) in [6.07, 6.45) is 0.804. The van der Waals surface area contributed by atoms with E-state index in [0.29, 0.717) is 6.54 Å². The molecule has 6 heteroatoms. The number of likely N-dealkylation sites (N-methyl/N-ethyl adjacent to an activating group) is 1. The van der Waals surface area contributed by atoms with Crippen LogP contribution in [0.15, 0.2) is 28.7 Å². The van der Waals surface area contributed by atoms with E-state index in [9.17, 15) is 9.90 Å². The van der Waals surface area contributed by atoms with Gasteiger partial charge in [0.05, 0.1) is 11.4 Å². The summed E-state index contributed by atoms with van der Waals surface area (Å²) in [5, 5.41) is 13.6. The SMILES string of the molecule is CN1CCc2c(c(C(=O)O)nn2-c2cccc(Br)c2)C1. The van der Waals surface area contributed by atoms with Crippen molar-refractivity contribution in [1.29, 1.82) is 0 Å². The number of nitrogens with zero attached hydrogens (tertiary/aromatic N) is 3. The number of carboxylic acids is 1. The van der Waals surface area contributed by atoms with E-state index >= 15 is 0 Å². The van der Waals surface area contributed by atoms with Crippen LogP contribution in [0.3, 0.4) is 0 Å². The van der Waals surface area contributed by atoms with E-state index in [-0.39, 0.29) is 5.69 Å². The van der Waals surface area contributed by atoms with Crippen LogP contribution in [0.25, 0.3) is 5.69 Å². The highest BCUT2D eigenvalue weighted by Crippen LogP contribution is 2.25. The summed E-state index contributed by atoms with van der Waals surface area (Å²) in [7, 11) is 1.99. The molecule has 0 spiro atoms. The van der Waals surface area contributed by atoms with Crippen molar-refractivity contribution in [1.82, 2.24) is 14.7 Å². The summed E-state index contributed by atoms with van der Waals surface area (Å²) in [4.78, 5) is 13.5. The van der Waals surface area contributed by atoms with Gasteiger partial charge >= 0.3 is 5.97 Å². The molecule has 3 rings (SSSR count). The first kappa shape index (κ1) is 13.3. The van der Waals surface area contributed by atoms with E-state index in [2.05, 4.69) is 25.9 Å². The topological polar surface area (TPSA) is 58.4 Å². The Bertz CT molecular complexity index is 681. The van der Waals surface area contributed by atoms with Gasteiger partial charge in [-0.2, -0.15) is 5.10 Å². The Morgan fingerprint density at radius 1 is 1.45 bits per heavy atom. The van der Waals surface area contributed by atoms with Gasteiger partial charge in [-0.3, -0.25) is 0 Å². The maximum absolute atomic E-state index is 11.4. The van der Waals surface area contributed by atoms with E-state index in [0.717, 1.165) is 34.4 Å². The molecule has 104 valence electrons. The van der Waals surface area contributed by atoms with Gasteiger partial charge in [0.25, 0.3) is 0 Å². The van der Waals surface area contributed by atoms with Crippen molar-refractivity contribution in [2.45, 2.75) is 13.0 Å². The smallest absolute Gasteiger partial charge is 0.356 e. The number of rotatable bonds is 2. The second kappa shape index (κ2) is 5.03. The van der Waals surface area contributed by atoms with E-state index in [1.54, 1.807) is 4.68 Å². The van der Waals surface area contributed by atoms with Crippen molar-refractivity contribution >= 4 is 21.9 Å². The quantitative estimate of drug-likeness (QED) is 0.914. The number of aromatic nitrogens is 2. The molecule has 2 aromatic rings. The predicted molar refractivity (Wildman–Crippen MR) is 78.3 cm³/mol. The molecule has 1 aliphatic heterocycles. The van der Waals surface area contributed by atoms with Gasteiger partial charge in [-0.25, -0.2) is 9.48 Å². The van der Waals surface area contributed by atoms with Crippen molar-refractivity contribution in [3.05, 3.63) is 45.7 Å². The molecule has 2 heterocycles. The molecular formula is C14H14BrN3O2. The third-order valence-corrected chi connectivity index (χ3v) is 4.00. The fraction of sp³-hybridized carbons (Fsp3) is 0.286. The van der Waals surface area contributed by atoms with Crippen LogP contribution in [0.4, 0.5) is 0 Å². The molecule has 5 nitrogen and oxygen atoms in total. The molecule has 0 atom stereocenters. The summed E-state index contributed by atoms with van der Waals surface area (Å²) in [6, 6.07) is 7.73. The lowest BCUT2D eigenvalue weighted by Gasteiger charge is -2.23. The lowest BCUT2D eigenvalue weighted by Crippen LogP contribution is -2.28. The maximum atomic E-state index is 11.4. The van der Waals surface area contributed by atoms with E-state index in [1.807, 2.05) is 31.3 Å². The van der Waals surface area contributed by atoms with Gasteiger partial charge in [0.1, 0.15) is 0 Å². The molecule has 0 fully saturated rings.